The molecule has 296 valence electrons. The summed E-state index contributed by atoms with van der Waals surface area (Å²) in [4.78, 5) is 32.6. The van der Waals surface area contributed by atoms with Gasteiger partial charge in [0.1, 0.15) is 5.75 Å². The first-order chi connectivity index (χ1) is 26.7. The first-order valence-corrected chi connectivity index (χ1v) is 21.8. The van der Waals surface area contributed by atoms with E-state index in [-0.39, 0.29) is 23.7 Å². The molecule has 0 spiro atoms. The van der Waals surface area contributed by atoms with E-state index in [2.05, 4.69) is 52.0 Å². The Morgan fingerprint density at radius 1 is 0.911 bits per heavy atom. The lowest BCUT2D eigenvalue weighted by Crippen LogP contribution is -2.58. The first kappa shape index (κ1) is 39.1. The Morgan fingerprint density at radius 2 is 1.71 bits per heavy atom. The summed E-state index contributed by atoms with van der Waals surface area (Å²) in [5.74, 6) is 1.99. The zero-order valence-corrected chi connectivity index (χ0v) is 34.7. The number of thiophene rings is 1. The van der Waals surface area contributed by atoms with Gasteiger partial charge in [0.05, 0.1) is 23.1 Å². The van der Waals surface area contributed by atoms with Crippen molar-refractivity contribution in [1.29, 1.82) is 0 Å². The number of amides is 1. The maximum Gasteiger partial charge on any atom is 0.415 e. The maximum absolute atomic E-state index is 14.6. The third kappa shape index (κ3) is 7.29. The number of aliphatic hydroxyl groups is 2. The quantitative estimate of drug-likeness (QED) is 0.144. The van der Waals surface area contributed by atoms with E-state index in [0.29, 0.717) is 66.7 Å². The standard InChI is InChI=1S/C49H59NO5S/c1-31-9-8-23-48(5)42(40-20-14-33(25-38(51)18-12-31)26-41(40)45(52)44-21-13-32(2)56-44)22-24-49(48,54)30-50(29-36-15-17-37-28-43(36)47(37,3)4)46(53)55-39-19-16-34-10-6-7-11-35(34)27-39/h6-7,9-11,13-14,16,19-21,26-27,36-38,42-43,51,54H,8,12,15,17-18,22-25,28-30H2,1-5H3. The summed E-state index contributed by atoms with van der Waals surface area (Å²) in [6, 6.07) is 23.9. The van der Waals surface area contributed by atoms with Gasteiger partial charge >= 0.3 is 6.09 Å². The van der Waals surface area contributed by atoms with E-state index in [9.17, 15) is 19.8 Å². The second-order valence-corrected chi connectivity index (χ2v) is 19.9. The minimum absolute atomic E-state index is 0.00521. The molecule has 7 atom stereocenters. The molecule has 4 bridgehead atoms. The van der Waals surface area contributed by atoms with Gasteiger partial charge in [0, 0.05) is 22.4 Å². The molecule has 2 N–H and O–H groups in total. The van der Waals surface area contributed by atoms with Crippen molar-refractivity contribution in [3.63, 3.8) is 0 Å². The number of hydrogen-bond acceptors (Lipinski definition) is 6. The molecule has 0 aliphatic heterocycles. The number of benzene rings is 3. The predicted molar refractivity (Wildman–Crippen MR) is 226 cm³/mol. The van der Waals surface area contributed by atoms with Crippen LogP contribution < -0.4 is 4.74 Å². The average Bonchev–Trinajstić information content (AvgIpc) is 3.72. The number of allylic oxidation sites excluding steroid dienone is 2. The van der Waals surface area contributed by atoms with Crippen molar-refractivity contribution >= 4 is 34.0 Å². The second kappa shape index (κ2) is 15.2. The summed E-state index contributed by atoms with van der Waals surface area (Å²) in [7, 11) is 0. The van der Waals surface area contributed by atoms with E-state index in [0.717, 1.165) is 52.0 Å². The number of aryl methyl sites for hydroxylation is 1. The van der Waals surface area contributed by atoms with Gasteiger partial charge in [-0.25, -0.2) is 4.79 Å². The molecule has 7 unspecified atom stereocenters. The van der Waals surface area contributed by atoms with Gasteiger partial charge in [0.25, 0.3) is 0 Å². The molecular weight excluding hydrogens is 715 g/mol. The molecule has 4 aromatic rings. The van der Waals surface area contributed by atoms with Crippen molar-refractivity contribution in [2.45, 2.75) is 116 Å². The molecule has 0 saturated heterocycles. The van der Waals surface area contributed by atoms with Gasteiger partial charge in [-0.2, -0.15) is 0 Å². The normalized spacial score (nSPS) is 29.8. The minimum Gasteiger partial charge on any atom is -0.410 e. The van der Waals surface area contributed by atoms with Crippen LogP contribution in [0, 0.1) is 35.5 Å². The first-order valence-electron chi connectivity index (χ1n) is 21.0. The fourth-order valence-electron chi connectivity index (χ4n) is 11.3. The fraction of sp³-hybridized carbons (Fsp3) is 0.510. The molecule has 4 fully saturated rings. The summed E-state index contributed by atoms with van der Waals surface area (Å²) in [5.41, 5.74) is 2.15. The van der Waals surface area contributed by atoms with Crippen LogP contribution in [0.1, 0.15) is 123 Å². The van der Waals surface area contributed by atoms with Crippen LogP contribution in [0.3, 0.4) is 0 Å². The molecule has 10 rings (SSSR count). The van der Waals surface area contributed by atoms with Gasteiger partial charge in [-0.3, -0.25) is 4.79 Å². The van der Waals surface area contributed by atoms with Crippen LogP contribution in [-0.2, 0) is 6.42 Å². The van der Waals surface area contributed by atoms with Crippen LogP contribution in [0.2, 0.25) is 0 Å². The minimum atomic E-state index is -1.24. The number of fused-ring (bicyclic) bond motifs is 11. The van der Waals surface area contributed by atoms with Crippen molar-refractivity contribution in [2.75, 3.05) is 13.1 Å². The monoisotopic (exact) mass is 773 g/mol. The number of ether oxygens (including phenoxy) is 1. The van der Waals surface area contributed by atoms with E-state index < -0.39 is 23.2 Å². The Hall–Kier alpha value is -3.78. The topological polar surface area (TPSA) is 87.1 Å². The van der Waals surface area contributed by atoms with E-state index in [1.165, 1.54) is 29.8 Å². The molecule has 1 heterocycles. The predicted octanol–water partition coefficient (Wildman–Crippen LogP) is 11.1. The van der Waals surface area contributed by atoms with E-state index >= 15 is 0 Å². The highest BCUT2D eigenvalue weighted by Crippen LogP contribution is 2.62. The number of rotatable bonds is 7. The molecule has 56 heavy (non-hydrogen) atoms. The molecular formula is C49H59NO5S. The highest BCUT2D eigenvalue weighted by molar-refractivity contribution is 7.14. The van der Waals surface area contributed by atoms with Gasteiger partial charge in [-0.1, -0.05) is 74.9 Å². The third-order valence-corrected chi connectivity index (χ3v) is 16.0. The lowest BCUT2D eigenvalue weighted by Gasteiger charge is -2.60. The van der Waals surface area contributed by atoms with Crippen molar-refractivity contribution in [2.24, 2.45) is 28.6 Å². The lowest BCUT2D eigenvalue weighted by molar-refractivity contribution is -0.119. The average molecular weight is 774 g/mol. The third-order valence-electron chi connectivity index (χ3n) is 15.0. The van der Waals surface area contributed by atoms with E-state index in [1.54, 1.807) is 0 Å². The maximum atomic E-state index is 14.6. The SMILES string of the molecule is CC1=CCCC2(C)C(CCC2(O)CN(CC2CCC3CC2C3(C)C)C(=O)Oc2ccc3ccccc3c2)c2ccc(cc2C(=O)c2ccc(C)s2)CC(O)CC1. The van der Waals surface area contributed by atoms with Crippen molar-refractivity contribution in [1.82, 2.24) is 4.90 Å². The van der Waals surface area contributed by atoms with Crippen LogP contribution in [0.4, 0.5) is 4.79 Å². The van der Waals surface area contributed by atoms with Gasteiger partial charge < -0.3 is 19.8 Å². The summed E-state index contributed by atoms with van der Waals surface area (Å²) >= 11 is 1.51. The number of nitrogens with zero attached hydrogens (tertiary/aromatic N) is 1. The zero-order chi connectivity index (χ0) is 39.4. The number of carbonyl (C=O) groups is 2. The van der Waals surface area contributed by atoms with Gasteiger partial charge in [-0.05, 0) is 159 Å². The zero-order valence-electron chi connectivity index (χ0n) is 33.9. The van der Waals surface area contributed by atoms with Crippen LogP contribution in [0.25, 0.3) is 10.8 Å². The highest BCUT2D eigenvalue weighted by atomic mass is 32.1. The molecule has 1 aromatic heterocycles. The summed E-state index contributed by atoms with van der Waals surface area (Å²) in [5, 5.41) is 26.4. The smallest absolute Gasteiger partial charge is 0.410 e. The molecule has 6 aliphatic rings. The second-order valence-electron chi connectivity index (χ2n) is 18.6. The lowest BCUT2D eigenvalue weighted by atomic mass is 9.45. The summed E-state index contributed by atoms with van der Waals surface area (Å²) in [6.45, 7) is 11.8. The Balaban J connectivity index is 1.17. The molecule has 6 aliphatic carbocycles. The van der Waals surface area contributed by atoms with Crippen LogP contribution in [-0.4, -0.2) is 51.8 Å². The molecule has 4 saturated carbocycles. The molecule has 1 amide bonds. The largest absolute Gasteiger partial charge is 0.415 e. The van der Waals surface area contributed by atoms with E-state index in [4.69, 9.17) is 4.74 Å². The Bertz CT molecular complexity index is 2150. The van der Waals surface area contributed by atoms with Gasteiger partial charge in [0.2, 0.25) is 5.78 Å². The number of aliphatic hydroxyl groups excluding tert-OH is 1. The van der Waals surface area contributed by atoms with Crippen molar-refractivity contribution in [3.8, 4) is 5.75 Å². The molecule has 0 radical (unpaired) electrons. The van der Waals surface area contributed by atoms with Crippen molar-refractivity contribution in [3.05, 3.63) is 111 Å². The number of carbonyl (C=O) groups excluding carboxylic acids is 2. The molecule has 6 nitrogen and oxygen atoms in total. The summed E-state index contributed by atoms with van der Waals surface area (Å²) in [6.07, 6.45) is 9.37. The van der Waals surface area contributed by atoms with Crippen LogP contribution in [0.5, 0.6) is 5.75 Å². The van der Waals surface area contributed by atoms with Gasteiger partial charge in [-0.15, -0.1) is 11.3 Å². The Kier molecular flexibility index (Phi) is 10.6. The number of ketones is 1. The number of hydrogen-bond donors (Lipinski definition) is 2. The Morgan fingerprint density at radius 3 is 2.46 bits per heavy atom. The van der Waals surface area contributed by atoms with E-state index in [1.807, 2.05) is 66.4 Å². The van der Waals surface area contributed by atoms with Gasteiger partial charge in [0.15, 0.2) is 0 Å². The summed E-state index contributed by atoms with van der Waals surface area (Å²) < 4.78 is 6.23. The van der Waals surface area contributed by atoms with Crippen molar-refractivity contribution < 1.29 is 24.5 Å². The molecule has 3 aromatic carbocycles. The van der Waals surface area contributed by atoms with Crippen LogP contribution >= 0.6 is 11.3 Å². The van der Waals surface area contributed by atoms with Crippen LogP contribution in [0.15, 0.2) is 84.4 Å². The highest BCUT2D eigenvalue weighted by Gasteiger charge is 2.59. The Labute approximate surface area is 337 Å². The molecule has 7 heteroatoms. The fourth-order valence-corrected chi connectivity index (χ4v) is 12.1.